The molecule has 284 valence electrons. The van der Waals surface area contributed by atoms with E-state index in [0.717, 1.165) is 51.7 Å². The number of aliphatic carboxylic acids is 1. The van der Waals surface area contributed by atoms with Crippen molar-refractivity contribution < 1.29 is 24.2 Å². The Morgan fingerprint density at radius 2 is 1.52 bits per heavy atom. The first-order valence-electron chi connectivity index (χ1n) is 20.2. The summed E-state index contributed by atoms with van der Waals surface area (Å²) in [5.41, 5.74) is 3.03. The molecule has 0 spiro atoms. The van der Waals surface area contributed by atoms with Crippen LogP contribution in [-0.4, -0.2) is 78.5 Å². The number of carboxylic acids is 1. The fourth-order valence-electron chi connectivity index (χ4n) is 13.1. The van der Waals surface area contributed by atoms with Crippen molar-refractivity contribution in [1.82, 2.24) is 9.80 Å². The van der Waals surface area contributed by atoms with Gasteiger partial charge in [0.25, 0.3) is 0 Å². The van der Waals surface area contributed by atoms with E-state index in [0.29, 0.717) is 36.0 Å². The highest BCUT2D eigenvalue weighted by molar-refractivity contribution is 6.00. The van der Waals surface area contributed by atoms with Gasteiger partial charge in [0.2, 0.25) is 0 Å². The van der Waals surface area contributed by atoms with E-state index in [-0.39, 0.29) is 51.5 Å². The third-order valence-corrected chi connectivity index (χ3v) is 16.1. The van der Waals surface area contributed by atoms with E-state index in [2.05, 4.69) is 86.2 Å². The maximum absolute atomic E-state index is 14.1. The Morgan fingerprint density at radius 1 is 0.840 bits per heavy atom. The lowest BCUT2D eigenvalue weighted by molar-refractivity contribution is -0.233. The molecule has 7 nitrogen and oxygen atoms in total. The summed E-state index contributed by atoms with van der Waals surface area (Å²) in [6.07, 6.45) is 10.4. The molecule has 0 aromatic heterocycles. The Hall–Kier alpha value is -1.73. The van der Waals surface area contributed by atoms with Crippen LogP contribution in [0.15, 0.2) is 11.1 Å². The van der Waals surface area contributed by atoms with Crippen molar-refractivity contribution in [2.24, 2.45) is 56.7 Å². The van der Waals surface area contributed by atoms with E-state index in [9.17, 15) is 19.5 Å². The topological polar surface area (TPSA) is 87.2 Å². The molecule has 5 aliphatic carbocycles. The predicted molar refractivity (Wildman–Crippen MR) is 201 cm³/mol. The first-order chi connectivity index (χ1) is 23.1. The Morgan fingerprint density at radius 3 is 2.12 bits per heavy atom. The van der Waals surface area contributed by atoms with Gasteiger partial charge in [0.1, 0.15) is 6.10 Å². The number of allylic oxidation sites excluding steroid dienone is 2. The zero-order valence-corrected chi connectivity index (χ0v) is 33.9. The molecule has 50 heavy (non-hydrogen) atoms. The van der Waals surface area contributed by atoms with Gasteiger partial charge in [0.05, 0.1) is 12.3 Å². The number of hydrogen-bond donors (Lipinski definition) is 1. The van der Waals surface area contributed by atoms with Gasteiger partial charge in [-0.15, -0.1) is 0 Å². The van der Waals surface area contributed by atoms with E-state index in [1.54, 1.807) is 12.5 Å². The number of hydrogen-bond acceptors (Lipinski definition) is 6. The van der Waals surface area contributed by atoms with Crippen LogP contribution in [0.4, 0.5) is 0 Å². The first-order valence-corrected chi connectivity index (χ1v) is 20.2. The van der Waals surface area contributed by atoms with Gasteiger partial charge in [-0.25, -0.2) is 0 Å². The van der Waals surface area contributed by atoms with E-state index in [4.69, 9.17) is 4.74 Å². The predicted octanol–water partition coefficient (Wildman–Crippen LogP) is 8.65. The number of rotatable bonds is 12. The zero-order valence-electron chi connectivity index (χ0n) is 33.9. The third-order valence-electron chi connectivity index (χ3n) is 16.1. The minimum Gasteiger partial charge on any atom is -0.481 e. The van der Waals surface area contributed by atoms with Crippen LogP contribution in [0.2, 0.25) is 0 Å². The monoisotopic (exact) mass is 697 g/mol. The lowest BCUT2D eigenvalue weighted by Crippen LogP contribution is -2.65. The first kappa shape index (κ1) is 39.5. The Balaban J connectivity index is 1.43. The maximum Gasteiger partial charge on any atom is 0.306 e. The molecule has 7 heteroatoms. The molecule has 0 amide bonds. The summed E-state index contributed by atoms with van der Waals surface area (Å²) < 4.78 is 6.13. The fraction of sp³-hybridized carbons (Fsp3) is 0.884. The summed E-state index contributed by atoms with van der Waals surface area (Å²) in [4.78, 5) is 43.3. The number of esters is 1. The van der Waals surface area contributed by atoms with Crippen LogP contribution in [-0.2, 0) is 19.1 Å². The number of likely N-dealkylation sites (N-methyl/N-ethyl adjacent to an activating group) is 1. The van der Waals surface area contributed by atoms with Gasteiger partial charge in [-0.1, -0.05) is 61.0 Å². The Labute approximate surface area is 304 Å². The number of carbonyl (C=O) groups is 3. The van der Waals surface area contributed by atoms with Crippen molar-refractivity contribution in [2.75, 3.05) is 33.7 Å². The molecule has 0 heterocycles. The molecule has 5 aliphatic rings. The van der Waals surface area contributed by atoms with Crippen molar-refractivity contribution in [1.29, 1.82) is 0 Å². The maximum atomic E-state index is 14.1. The van der Waals surface area contributed by atoms with E-state index in [1.807, 2.05) is 0 Å². The minimum atomic E-state index is -0.955. The minimum absolute atomic E-state index is 0.00150. The van der Waals surface area contributed by atoms with Crippen LogP contribution in [0, 0.1) is 56.7 Å². The van der Waals surface area contributed by atoms with Gasteiger partial charge in [-0.2, -0.15) is 0 Å². The van der Waals surface area contributed by atoms with Gasteiger partial charge in [0, 0.05) is 36.4 Å². The van der Waals surface area contributed by atoms with Crippen molar-refractivity contribution in [3.8, 4) is 0 Å². The van der Waals surface area contributed by atoms with Crippen LogP contribution in [0.3, 0.4) is 0 Å². The van der Waals surface area contributed by atoms with Crippen LogP contribution in [0.1, 0.15) is 140 Å². The molecular weight excluding hydrogens is 624 g/mol. The molecule has 5 rings (SSSR count). The summed E-state index contributed by atoms with van der Waals surface area (Å²) in [6, 6.07) is 0.482. The van der Waals surface area contributed by atoms with Gasteiger partial charge in [-0.3, -0.25) is 19.3 Å². The van der Waals surface area contributed by atoms with Gasteiger partial charge in [-0.05, 0) is 138 Å². The summed E-state index contributed by atoms with van der Waals surface area (Å²) in [5.74, 6) is 0.0807. The number of fused-ring (bicyclic) bond motifs is 7. The fourth-order valence-corrected chi connectivity index (χ4v) is 13.1. The molecule has 4 saturated carbocycles. The largest absolute Gasteiger partial charge is 0.481 e. The number of carboxylic acid groups (broad SMARTS) is 1. The molecule has 1 N–H and O–H groups in total. The highest BCUT2D eigenvalue weighted by Crippen LogP contribution is 2.77. The highest BCUT2D eigenvalue weighted by atomic mass is 16.5. The second-order valence-corrected chi connectivity index (χ2v) is 19.9. The molecule has 0 aromatic carbocycles. The highest BCUT2D eigenvalue weighted by Gasteiger charge is 2.70. The number of nitrogens with zero attached hydrogens (tertiary/aromatic N) is 2. The average Bonchev–Trinajstić information content (AvgIpc) is 3.30. The van der Waals surface area contributed by atoms with Gasteiger partial charge in [0.15, 0.2) is 5.78 Å². The van der Waals surface area contributed by atoms with Gasteiger partial charge < -0.3 is 14.7 Å². The average molecular weight is 697 g/mol. The normalized spacial score (nSPS) is 38.6. The second-order valence-electron chi connectivity index (χ2n) is 19.9. The number of ketones is 1. The molecule has 0 saturated heterocycles. The van der Waals surface area contributed by atoms with Crippen molar-refractivity contribution in [2.45, 2.75) is 152 Å². The number of Topliss-reactive ketones (excluding diaryl/α,β-unsaturated/α-hetero) is 1. The molecule has 0 bridgehead atoms. The Kier molecular flexibility index (Phi) is 11.0. The summed E-state index contributed by atoms with van der Waals surface area (Å²) in [7, 11) is 4.31. The summed E-state index contributed by atoms with van der Waals surface area (Å²) in [5, 5.41) is 9.36. The van der Waals surface area contributed by atoms with Crippen LogP contribution < -0.4 is 0 Å². The van der Waals surface area contributed by atoms with Crippen molar-refractivity contribution in [3.05, 3.63) is 11.1 Å². The van der Waals surface area contributed by atoms with E-state index < -0.39 is 11.9 Å². The van der Waals surface area contributed by atoms with E-state index >= 15 is 0 Å². The third kappa shape index (κ3) is 6.45. The smallest absolute Gasteiger partial charge is 0.306 e. The molecule has 2 unspecified atom stereocenters. The number of ether oxygens (including phenoxy) is 1. The van der Waals surface area contributed by atoms with Crippen LogP contribution in [0.5, 0.6) is 0 Å². The molecule has 0 aromatic rings. The zero-order chi connectivity index (χ0) is 37.2. The molecular formula is C43H72N2O5. The lowest BCUT2D eigenvalue weighted by Gasteiger charge is -2.72. The molecule has 4 fully saturated rings. The number of carbonyl (C=O) groups excluding carboxylic acids is 2. The van der Waals surface area contributed by atoms with Crippen molar-refractivity contribution >= 4 is 17.7 Å². The van der Waals surface area contributed by atoms with Gasteiger partial charge >= 0.3 is 11.9 Å². The van der Waals surface area contributed by atoms with Crippen molar-refractivity contribution in [3.63, 3.8) is 0 Å². The standard InChI is InChI=1S/C43H72N2O5/c1-27(2)36-31(46)26-43(21-22-45(28(3)4)24-23-44(11)12)20-19-41(9)30(37(36)43)13-14-33-40(8)17-16-34(50-35(47)25-29(5)38(48)49)39(6,7)32(40)15-18-42(33,41)10/h27-30,32-34H,13-26H2,1-12H3,(H,48,49)/t29-,30-,32?,33?,34+,40+,41-,42-,43-/m1/s1. The lowest BCUT2D eigenvalue weighted by atomic mass is 9.33. The molecule has 0 radical (unpaired) electrons. The molecule has 9 atom stereocenters. The molecule has 0 aliphatic heterocycles. The Bertz CT molecular complexity index is 1350. The SMILES string of the molecule is CC(C)C1=C2[C@H]3CCC4[C@@]5(C)CC[C@H](OC(=O)C[C@@H](C)C(=O)O)C(C)(C)C5CC[C@@]4(C)[C@]3(C)CC[C@@]2(CCN(CCN(C)C)C(C)C)CC1=O. The second kappa shape index (κ2) is 13.9. The summed E-state index contributed by atoms with van der Waals surface area (Å²) in [6.45, 7) is 26.3. The van der Waals surface area contributed by atoms with Crippen LogP contribution >= 0.6 is 0 Å². The van der Waals surface area contributed by atoms with Crippen LogP contribution in [0.25, 0.3) is 0 Å². The summed E-state index contributed by atoms with van der Waals surface area (Å²) >= 11 is 0. The quantitative estimate of drug-likeness (QED) is 0.205. The van der Waals surface area contributed by atoms with E-state index in [1.165, 1.54) is 31.3 Å².